The Morgan fingerprint density at radius 1 is 0.483 bits per heavy atom. The monoisotopic (exact) mass is 812 g/mol. The van der Waals surface area contributed by atoms with Gasteiger partial charge in [0.25, 0.3) is 0 Å². The maximum atomic E-state index is 13.9. The second-order valence-corrected chi connectivity index (χ2v) is 12.0. The molecular weight excluding hydrogens is 784 g/mol. The molecule has 0 aromatic heterocycles. The standard InChI is InChI=1S/C20H13F5N2O3.C20H15F3N2O3/c21-12-5-11(6-13(22)7-12)18-16(10-1-3-14(28)4-2-10)8-15(30-20(23,24)25)9-17(18)19(26)27-29;21-20(22,23)28-15-10-16(12-6-8-14(26)9-7-12)18(13-4-2-1-3-5-13)17(11-15)19(24)25-27/h1-9,28-29H,(H2,26,27);1-11,26-27H,(H2,24,25). The van der Waals surface area contributed by atoms with Crippen LogP contribution in [0.5, 0.6) is 23.0 Å². The summed E-state index contributed by atoms with van der Waals surface area (Å²) in [7, 11) is 0. The minimum Gasteiger partial charge on any atom is -0.508 e. The summed E-state index contributed by atoms with van der Waals surface area (Å²) >= 11 is 0. The largest absolute Gasteiger partial charge is 0.573 e. The van der Waals surface area contributed by atoms with Crippen LogP contribution in [0, 0.1) is 11.6 Å². The fraction of sp³-hybridized carbons (Fsp3) is 0.0500. The summed E-state index contributed by atoms with van der Waals surface area (Å²) in [5.41, 5.74) is 13.4. The van der Waals surface area contributed by atoms with Crippen LogP contribution in [0.1, 0.15) is 11.1 Å². The van der Waals surface area contributed by atoms with Crippen LogP contribution in [-0.2, 0) is 0 Å². The first-order valence-electron chi connectivity index (χ1n) is 16.3. The molecule has 0 saturated heterocycles. The number of phenolic OH excluding ortho intramolecular Hbond substituents is 2. The lowest BCUT2D eigenvalue weighted by atomic mass is 9.89. The zero-order valence-corrected chi connectivity index (χ0v) is 29.2. The predicted molar refractivity (Wildman–Crippen MR) is 196 cm³/mol. The van der Waals surface area contributed by atoms with Crippen molar-refractivity contribution in [2.75, 3.05) is 0 Å². The molecule has 10 nitrogen and oxygen atoms in total. The number of aromatic hydroxyl groups is 2. The molecule has 6 rings (SSSR count). The van der Waals surface area contributed by atoms with E-state index >= 15 is 0 Å². The number of hydrogen-bond donors (Lipinski definition) is 6. The molecule has 0 heterocycles. The summed E-state index contributed by atoms with van der Waals surface area (Å²) in [6, 6.07) is 26.6. The first-order valence-corrected chi connectivity index (χ1v) is 16.3. The number of nitrogens with zero attached hydrogens (tertiary/aromatic N) is 2. The van der Waals surface area contributed by atoms with E-state index < -0.39 is 41.7 Å². The molecule has 58 heavy (non-hydrogen) atoms. The molecule has 0 aliphatic rings. The van der Waals surface area contributed by atoms with Crippen molar-refractivity contribution < 1.29 is 65.2 Å². The van der Waals surface area contributed by atoms with Gasteiger partial charge in [-0.1, -0.05) is 64.9 Å². The van der Waals surface area contributed by atoms with Crippen LogP contribution in [0.3, 0.4) is 0 Å². The van der Waals surface area contributed by atoms with E-state index in [-0.39, 0.29) is 50.7 Å². The molecule has 0 unspecified atom stereocenters. The lowest BCUT2D eigenvalue weighted by molar-refractivity contribution is -0.275. The first-order chi connectivity index (χ1) is 27.3. The number of nitrogens with two attached hydrogens (primary N) is 2. The van der Waals surface area contributed by atoms with Crippen molar-refractivity contribution in [2.24, 2.45) is 21.8 Å². The molecule has 6 aromatic rings. The Balaban J connectivity index is 0.000000221. The van der Waals surface area contributed by atoms with Crippen LogP contribution >= 0.6 is 0 Å². The molecule has 0 amide bonds. The lowest BCUT2D eigenvalue weighted by Crippen LogP contribution is -2.19. The number of hydrogen-bond acceptors (Lipinski definition) is 8. The van der Waals surface area contributed by atoms with E-state index in [1.807, 2.05) is 0 Å². The minimum absolute atomic E-state index is 0.00404. The normalized spacial score (nSPS) is 12.1. The van der Waals surface area contributed by atoms with E-state index in [0.29, 0.717) is 28.3 Å². The van der Waals surface area contributed by atoms with Gasteiger partial charge in [0.1, 0.15) is 34.6 Å². The number of amidine groups is 2. The summed E-state index contributed by atoms with van der Waals surface area (Å²) in [4.78, 5) is 0. The van der Waals surface area contributed by atoms with E-state index in [1.54, 1.807) is 42.5 Å². The van der Waals surface area contributed by atoms with Gasteiger partial charge in [-0.15, -0.1) is 26.3 Å². The molecular formula is C40H28F8N4O6. The molecule has 0 fully saturated rings. The van der Waals surface area contributed by atoms with Crippen LogP contribution in [0.4, 0.5) is 35.1 Å². The van der Waals surface area contributed by atoms with Crippen molar-refractivity contribution in [3.8, 4) is 67.5 Å². The molecule has 6 aromatic carbocycles. The molecule has 300 valence electrons. The third-order valence-corrected chi connectivity index (χ3v) is 8.03. The van der Waals surface area contributed by atoms with Crippen molar-refractivity contribution in [3.63, 3.8) is 0 Å². The van der Waals surface area contributed by atoms with Gasteiger partial charge in [-0.2, -0.15) is 0 Å². The second kappa shape index (κ2) is 17.1. The van der Waals surface area contributed by atoms with E-state index in [2.05, 4.69) is 19.8 Å². The SMILES string of the molecule is NC(=NO)c1cc(OC(F)(F)F)cc(-c2ccc(O)cc2)c1-c1cc(F)cc(F)c1.NC(=NO)c1cc(OC(F)(F)F)cc(-c2ccc(O)cc2)c1-c1ccccc1. The number of halogens is 8. The van der Waals surface area contributed by atoms with E-state index in [0.717, 1.165) is 30.3 Å². The maximum Gasteiger partial charge on any atom is 0.573 e. The van der Waals surface area contributed by atoms with Crippen molar-refractivity contribution in [1.82, 2.24) is 0 Å². The van der Waals surface area contributed by atoms with E-state index in [1.165, 1.54) is 42.5 Å². The Morgan fingerprint density at radius 3 is 1.22 bits per heavy atom. The average Bonchev–Trinajstić information content (AvgIpc) is 3.16. The summed E-state index contributed by atoms with van der Waals surface area (Å²) < 4.78 is 113. The number of alkyl halides is 6. The van der Waals surface area contributed by atoms with Crippen LogP contribution < -0.4 is 20.9 Å². The third kappa shape index (κ3) is 10.4. The topological polar surface area (TPSA) is 176 Å². The Kier molecular flexibility index (Phi) is 12.3. The molecule has 0 radical (unpaired) electrons. The highest BCUT2D eigenvalue weighted by Gasteiger charge is 2.33. The smallest absolute Gasteiger partial charge is 0.508 e. The molecule has 8 N–H and O–H groups in total. The minimum atomic E-state index is -5.04. The van der Waals surface area contributed by atoms with Crippen LogP contribution in [-0.4, -0.2) is 45.0 Å². The fourth-order valence-electron chi connectivity index (χ4n) is 5.79. The zero-order valence-electron chi connectivity index (χ0n) is 29.2. The number of phenols is 2. The molecule has 0 saturated carbocycles. The van der Waals surface area contributed by atoms with Crippen molar-refractivity contribution in [1.29, 1.82) is 0 Å². The molecule has 0 spiro atoms. The Labute approximate surface area is 322 Å². The molecule has 18 heteroatoms. The van der Waals surface area contributed by atoms with Crippen LogP contribution in [0.2, 0.25) is 0 Å². The number of benzene rings is 6. The lowest BCUT2D eigenvalue weighted by Gasteiger charge is -2.18. The summed E-state index contributed by atoms with van der Waals surface area (Å²) in [5.74, 6) is -4.19. The highest BCUT2D eigenvalue weighted by molar-refractivity contribution is 6.08. The zero-order chi connectivity index (χ0) is 42.4. The summed E-state index contributed by atoms with van der Waals surface area (Å²) in [6.07, 6.45) is -9.95. The molecule has 0 aliphatic heterocycles. The predicted octanol–water partition coefficient (Wildman–Crippen LogP) is 9.72. The number of ether oxygens (including phenoxy) is 2. The van der Waals surface area contributed by atoms with Gasteiger partial charge < -0.3 is 41.6 Å². The number of rotatable bonds is 8. The quantitative estimate of drug-likeness (QED) is 0.0289. The van der Waals surface area contributed by atoms with Gasteiger partial charge in [0.05, 0.1) is 0 Å². The third-order valence-electron chi connectivity index (χ3n) is 8.03. The Bertz CT molecular complexity index is 2440. The Morgan fingerprint density at radius 2 is 0.862 bits per heavy atom. The second-order valence-electron chi connectivity index (χ2n) is 12.0. The molecule has 0 aliphatic carbocycles. The van der Waals surface area contributed by atoms with Crippen molar-refractivity contribution in [2.45, 2.75) is 12.7 Å². The highest BCUT2D eigenvalue weighted by atomic mass is 19.4. The van der Waals surface area contributed by atoms with Gasteiger partial charge in [0, 0.05) is 28.3 Å². The Hall–Kier alpha value is -7.50. The maximum absolute atomic E-state index is 13.9. The molecule has 0 atom stereocenters. The summed E-state index contributed by atoms with van der Waals surface area (Å²) in [5, 5.41) is 43.1. The highest BCUT2D eigenvalue weighted by Crippen LogP contribution is 2.42. The first kappa shape index (κ1) is 41.7. The van der Waals surface area contributed by atoms with Crippen molar-refractivity contribution >= 4 is 11.7 Å². The average molecular weight is 813 g/mol. The van der Waals surface area contributed by atoms with Gasteiger partial charge in [0.15, 0.2) is 11.7 Å². The van der Waals surface area contributed by atoms with Crippen molar-refractivity contribution in [3.05, 3.63) is 144 Å². The van der Waals surface area contributed by atoms with Gasteiger partial charge in [-0.05, 0) is 94.0 Å². The molecule has 0 bridgehead atoms. The summed E-state index contributed by atoms with van der Waals surface area (Å²) in [6.45, 7) is 0. The van der Waals surface area contributed by atoms with Gasteiger partial charge >= 0.3 is 12.7 Å². The van der Waals surface area contributed by atoms with Gasteiger partial charge in [-0.25, -0.2) is 8.78 Å². The fourth-order valence-corrected chi connectivity index (χ4v) is 5.79. The van der Waals surface area contributed by atoms with Gasteiger partial charge in [0.2, 0.25) is 0 Å². The van der Waals surface area contributed by atoms with Crippen LogP contribution in [0.15, 0.2) is 132 Å². The number of oxime groups is 2. The van der Waals surface area contributed by atoms with E-state index in [4.69, 9.17) is 21.9 Å². The van der Waals surface area contributed by atoms with Gasteiger partial charge in [-0.3, -0.25) is 0 Å². The van der Waals surface area contributed by atoms with Crippen LogP contribution in [0.25, 0.3) is 44.5 Å². The van der Waals surface area contributed by atoms with E-state index in [9.17, 15) is 45.3 Å².